The molecule has 23 heavy (non-hydrogen) atoms. The van der Waals surface area contributed by atoms with E-state index in [0.29, 0.717) is 17.0 Å². The first-order chi connectivity index (χ1) is 10.8. The summed E-state index contributed by atoms with van der Waals surface area (Å²) < 4.78 is 0. The zero-order valence-corrected chi connectivity index (χ0v) is 14.6. The Morgan fingerprint density at radius 1 is 1.30 bits per heavy atom. The van der Waals surface area contributed by atoms with Crippen molar-refractivity contribution < 1.29 is 14.4 Å². The minimum absolute atomic E-state index is 0.0930. The smallest absolute Gasteiger partial charge is 0.293 e. The van der Waals surface area contributed by atoms with Crippen LogP contribution in [-0.4, -0.2) is 29.0 Å². The van der Waals surface area contributed by atoms with Crippen molar-refractivity contribution in [2.75, 3.05) is 12.4 Å². The summed E-state index contributed by atoms with van der Waals surface area (Å²) in [5.74, 6) is -0.204. The summed E-state index contributed by atoms with van der Waals surface area (Å²) in [4.78, 5) is 37.1. The third-order valence-corrected chi connectivity index (χ3v) is 3.81. The summed E-state index contributed by atoms with van der Waals surface area (Å²) in [6.45, 7) is 5.68. The Kier molecular flexibility index (Phi) is 7.54. The number of carbonyl (C=O) groups is 3. The monoisotopic (exact) mass is 334 g/mol. The van der Waals surface area contributed by atoms with Crippen LogP contribution in [0.15, 0.2) is 41.3 Å². The van der Waals surface area contributed by atoms with E-state index in [1.807, 2.05) is 13.8 Å². The van der Waals surface area contributed by atoms with Crippen molar-refractivity contribution in [2.45, 2.75) is 32.1 Å². The first kappa shape index (κ1) is 19.0. The molecule has 124 valence electrons. The highest BCUT2D eigenvalue weighted by atomic mass is 32.2. The van der Waals surface area contributed by atoms with E-state index in [4.69, 9.17) is 0 Å². The predicted molar refractivity (Wildman–Crippen MR) is 93.4 cm³/mol. The number of hydrogen-bond donors (Lipinski definition) is 1. The van der Waals surface area contributed by atoms with E-state index in [0.717, 1.165) is 16.7 Å². The Labute approximate surface area is 141 Å². The third kappa shape index (κ3) is 6.69. The Morgan fingerprint density at radius 3 is 2.61 bits per heavy atom. The second-order valence-corrected chi connectivity index (χ2v) is 6.32. The van der Waals surface area contributed by atoms with Gasteiger partial charge in [-0.1, -0.05) is 32.9 Å². The summed E-state index contributed by atoms with van der Waals surface area (Å²) >= 11 is 0.944. The molecule has 0 aliphatic rings. The molecular formula is C17H22N2O3S. The van der Waals surface area contributed by atoms with Gasteiger partial charge in [-0.3, -0.25) is 19.3 Å². The number of nitrogens with one attached hydrogen (secondary N) is 1. The van der Waals surface area contributed by atoms with Gasteiger partial charge in [0.1, 0.15) is 0 Å². The number of allylic oxidation sites excluding steroid dienone is 1. The van der Waals surface area contributed by atoms with E-state index in [2.05, 4.69) is 5.32 Å². The van der Waals surface area contributed by atoms with Crippen LogP contribution in [0.25, 0.3) is 0 Å². The van der Waals surface area contributed by atoms with Crippen LogP contribution in [0.4, 0.5) is 10.5 Å². The molecule has 6 heteroatoms. The number of hydrogen-bond acceptors (Lipinski definition) is 4. The molecule has 1 N–H and O–H groups in total. The lowest BCUT2D eigenvalue weighted by Crippen LogP contribution is -2.28. The first-order valence-electron chi connectivity index (χ1n) is 7.41. The quantitative estimate of drug-likeness (QED) is 0.655. The molecule has 0 fully saturated rings. The fourth-order valence-corrected chi connectivity index (χ4v) is 2.29. The molecule has 0 radical (unpaired) electrons. The molecule has 0 saturated carbocycles. The molecule has 0 aliphatic carbocycles. The topological polar surface area (TPSA) is 66.5 Å². The van der Waals surface area contributed by atoms with Crippen molar-refractivity contribution in [3.63, 3.8) is 0 Å². The van der Waals surface area contributed by atoms with Crippen LogP contribution in [0.3, 0.4) is 0 Å². The van der Waals surface area contributed by atoms with Crippen molar-refractivity contribution in [2.24, 2.45) is 5.92 Å². The van der Waals surface area contributed by atoms with Crippen molar-refractivity contribution in [3.8, 4) is 0 Å². The predicted octanol–water partition coefficient (Wildman–Crippen LogP) is 3.92. The maximum absolute atomic E-state index is 12.1. The molecule has 0 atom stereocenters. The molecule has 0 heterocycles. The number of nitrogens with zero attached hydrogens (tertiary/aromatic N) is 1. The van der Waals surface area contributed by atoms with Gasteiger partial charge in [0.2, 0.25) is 5.91 Å². The minimum Gasteiger partial charge on any atom is -0.326 e. The maximum Gasteiger partial charge on any atom is 0.293 e. The lowest BCUT2D eigenvalue weighted by Gasteiger charge is -2.13. The van der Waals surface area contributed by atoms with Crippen LogP contribution in [0.2, 0.25) is 0 Å². The van der Waals surface area contributed by atoms with Gasteiger partial charge < -0.3 is 5.32 Å². The average molecular weight is 334 g/mol. The number of benzene rings is 1. The third-order valence-electron chi connectivity index (χ3n) is 2.87. The van der Waals surface area contributed by atoms with E-state index in [1.165, 1.54) is 13.1 Å². The Hall–Kier alpha value is -2.08. The van der Waals surface area contributed by atoms with Crippen LogP contribution >= 0.6 is 11.8 Å². The van der Waals surface area contributed by atoms with Crippen molar-refractivity contribution in [1.82, 2.24) is 4.90 Å². The molecule has 0 aliphatic heterocycles. The molecule has 1 aromatic carbocycles. The van der Waals surface area contributed by atoms with Gasteiger partial charge in [-0.2, -0.15) is 0 Å². The molecule has 1 rings (SSSR count). The zero-order chi connectivity index (χ0) is 17.4. The minimum atomic E-state index is -0.373. The Morgan fingerprint density at radius 2 is 2.00 bits per heavy atom. The molecule has 3 amide bonds. The number of thioether (sulfide) groups is 1. The second kappa shape index (κ2) is 9.15. The largest absolute Gasteiger partial charge is 0.326 e. The SMILES string of the molecule is CCC(=O)Nc1cccc(SC(=O)N(C)C(=O)C=CC(C)C)c1. The summed E-state index contributed by atoms with van der Waals surface area (Å²) in [5.41, 5.74) is 0.628. The fraction of sp³-hybridized carbons (Fsp3) is 0.353. The zero-order valence-electron chi connectivity index (χ0n) is 13.8. The van der Waals surface area contributed by atoms with Gasteiger partial charge in [0.05, 0.1) is 0 Å². The summed E-state index contributed by atoms with van der Waals surface area (Å²) in [6, 6.07) is 6.97. The molecule has 0 saturated heterocycles. The normalized spacial score (nSPS) is 10.8. The van der Waals surface area contributed by atoms with Crippen LogP contribution in [-0.2, 0) is 9.59 Å². The summed E-state index contributed by atoms with van der Waals surface area (Å²) in [5, 5.41) is 2.36. The van der Waals surface area contributed by atoms with Crippen LogP contribution < -0.4 is 5.32 Å². The first-order valence-corrected chi connectivity index (χ1v) is 8.22. The number of rotatable bonds is 5. The molecule has 5 nitrogen and oxygen atoms in total. The van der Waals surface area contributed by atoms with Gasteiger partial charge in [-0.15, -0.1) is 0 Å². The van der Waals surface area contributed by atoms with Crippen LogP contribution in [0, 0.1) is 5.92 Å². The lowest BCUT2D eigenvalue weighted by molar-refractivity contribution is -0.122. The highest BCUT2D eigenvalue weighted by Crippen LogP contribution is 2.24. The molecule has 0 unspecified atom stereocenters. The summed E-state index contributed by atoms with van der Waals surface area (Å²) in [6.07, 6.45) is 3.54. The Balaban J connectivity index is 2.71. The number of likely N-dealkylation sites (N-methyl/N-ethyl adjacent to an activating group) is 1. The molecule has 0 spiro atoms. The van der Waals surface area contributed by atoms with Gasteiger partial charge in [-0.05, 0) is 42.0 Å². The van der Waals surface area contributed by atoms with Gasteiger partial charge >= 0.3 is 0 Å². The second-order valence-electron chi connectivity index (χ2n) is 5.30. The highest BCUT2D eigenvalue weighted by molar-refractivity contribution is 8.13. The van der Waals surface area contributed by atoms with Crippen molar-refractivity contribution in [1.29, 1.82) is 0 Å². The summed E-state index contributed by atoms with van der Waals surface area (Å²) in [7, 11) is 1.45. The van der Waals surface area contributed by atoms with Gasteiger partial charge in [0, 0.05) is 24.1 Å². The van der Waals surface area contributed by atoms with E-state index in [1.54, 1.807) is 37.3 Å². The van der Waals surface area contributed by atoms with Gasteiger partial charge in [0.25, 0.3) is 11.1 Å². The van der Waals surface area contributed by atoms with Crippen LogP contribution in [0.1, 0.15) is 27.2 Å². The van der Waals surface area contributed by atoms with Gasteiger partial charge in [0.15, 0.2) is 0 Å². The van der Waals surface area contributed by atoms with E-state index in [-0.39, 0.29) is 23.0 Å². The molecule has 0 aromatic heterocycles. The number of imide groups is 1. The van der Waals surface area contributed by atoms with E-state index < -0.39 is 0 Å². The van der Waals surface area contributed by atoms with Gasteiger partial charge in [-0.25, -0.2) is 0 Å². The number of amides is 3. The molecule has 1 aromatic rings. The molecule has 0 bridgehead atoms. The molecular weight excluding hydrogens is 312 g/mol. The number of carbonyl (C=O) groups excluding carboxylic acids is 3. The Bertz CT molecular complexity index is 612. The highest BCUT2D eigenvalue weighted by Gasteiger charge is 2.16. The van der Waals surface area contributed by atoms with E-state index >= 15 is 0 Å². The fourth-order valence-electron chi connectivity index (χ4n) is 1.53. The standard InChI is InChI=1S/C17H22N2O3S/c1-5-15(20)18-13-7-6-8-14(11-13)23-17(22)19(4)16(21)10-9-12(2)3/h6-12H,5H2,1-4H3,(H,18,20). The number of anilines is 1. The maximum atomic E-state index is 12.1. The van der Waals surface area contributed by atoms with Crippen molar-refractivity contribution in [3.05, 3.63) is 36.4 Å². The van der Waals surface area contributed by atoms with E-state index in [9.17, 15) is 14.4 Å². The average Bonchev–Trinajstić information content (AvgIpc) is 2.51. The van der Waals surface area contributed by atoms with Crippen molar-refractivity contribution >= 4 is 34.5 Å². The lowest BCUT2D eigenvalue weighted by atomic mass is 10.2. The van der Waals surface area contributed by atoms with Crippen LogP contribution in [0.5, 0.6) is 0 Å².